The minimum absolute atomic E-state index is 0.281. The molecule has 0 bridgehead atoms. The van der Waals surface area contributed by atoms with E-state index >= 15 is 0 Å². The first-order valence-corrected chi connectivity index (χ1v) is 8.32. The molecule has 1 aliphatic rings. The summed E-state index contributed by atoms with van der Waals surface area (Å²) in [5.41, 5.74) is 4.20. The highest BCUT2D eigenvalue weighted by molar-refractivity contribution is 9.10. The Morgan fingerprint density at radius 2 is 1.96 bits per heavy atom. The van der Waals surface area contributed by atoms with Crippen LogP contribution in [0, 0.1) is 5.92 Å². The number of carbonyl (C=O) groups excluding carboxylic acids is 2. The minimum Gasteiger partial charge on any atom is -0.456 e. The second-order valence-corrected chi connectivity index (χ2v) is 7.86. The largest absolute Gasteiger partial charge is 0.456 e. The summed E-state index contributed by atoms with van der Waals surface area (Å²) < 4.78 is 47.2. The molecule has 140 valence electrons. The third-order valence-electron chi connectivity index (χ3n) is 3.99. The molecule has 1 aromatic carbocycles. The molecule has 1 saturated carbocycles. The number of azide groups is 1. The van der Waals surface area contributed by atoms with E-state index in [0.29, 0.717) is 4.47 Å². The van der Waals surface area contributed by atoms with Gasteiger partial charge in [0.1, 0.15) is 11.0 Å². The summed E-state index contributed by atoms with van der Waals surface area (Å²) in [5.74, 6) is -3.71. The van der Waals surface area contributed by atoms with Crippen molar-refractivity contribution in [3.8, 4) is 0 Å². The molecule has 0 saturated heterocycles. The van der Waals surface area contributed by atoms with Gasteiger partial charge in [-0.05, 0) is 61.6 Å². The normalized spacial score (nSPS) is 22.3. The van der Waals surface area contributed by atoms with Gasteiger partial charge in [-0.3, -0.25) is 4.79 Å². The molecule has 0 N–H and O–H groups in total. The second kappa shape index (κ2) is 6.59. The fourth-order valence-corrected chi connectivity index (χ4v) is 3.20. The van der Waals surface area contributed by atoms with E-state index in [1.165, 1.54) is 12.1 Å². The van der Waals surface area contributed by atoms with Crippen LogP contribution in [0.3, 0.4) is 0 Å². The molecule has 26 heavy (non-hydrogen) atoms. The predicted octanol–water partition coefficient (Wildman–Crippen LogP) is 5.06. The number of hydrogen-bond donors (Lipinski definition) is 0. The molecule has 1 aromatic rings. The lowest BCUT2D eigenvalue weighted by molar-refractivity contribution is -0.167. The third kappa shape index (κ3) is 3.71. The Hall–Kier alpha value is -2.06. The van der Waals surface area contributed by atoms with Gasteiger partial charge in [0.15, 0.2) is 0 Å². The van der Waals surface area contributed by atoms with Crippen molar-refractivity contribution in [1.29, 1.82) is 0 Å². The summed E-state index contributed by atoms with van der Waals surface area (Å²) in [7, 11) is 0. The van der Waals surface area contributed by atoms with Crippen LogP contribution < -0.4 is 0 Å². The number of esters is 1. The SMILES string of the molecule is CC(C)(C)OC(=O)c1ccc(Br)cc1C1(C(F)(F)F)CC1C(=O)N=[N+]=[N-]. The molecule has 1 aliphatic carbocycles. The third-order valence-corrected chi connectivity index (χ3v) is 4.48. The Morgan fingerprint density at radius 3 is 2.46 bits per heavy atom. The molecular formula is C16H15BrF3N3O3. The zero-order valence-electron chi connectivity index (χ0n) is 14.1. The Labute approximate surface area is 155 Å². The monoisotopic (exact) mass is 433 g/mol. The number of nitrogens with zero attached hydrogens (tertiary/aromatic N) is 3. The van der Waals surface area contributed by atoms with Crippen LogP contribution in [0.15, 0.2) is 27.8 Å². The lowest BCUT2D eigenvalue weighted by Crippen LogP contribution is -2.35. The molecule has 0 aliphatic heterocycles. The van der Waals surface area contributed by atoms with Gasteiger partial charge < -0.3 is 4.74 Å². The quantitative estimate of drug-likeness (QED) is 0.288. The molecule has 1 amide bonds. The van der Waals surface area contributed by atoms with Crippen molar-refractivity contribution in [1.82, 2.24) is 0 Å². The Bertz CT molecular complexity index is 813. The minimum atomic E-state index is -4.82. The maximum atomic E-state index is 13.9. The van der Waals surface area contributed by atoms with Crippen molar-refractivity contribution in [2.75, 3.05) is 0 Å². The van der Waals surface area contributed by atoms with E-state index in [2.05, 4.69) is 26.0 Å². The number of halogens is 4. The van der Waals surface area contributed by atoms with Crippen LogP contribution >= 0.6 is 15.9 Å². The van der Waals surface area contributed by atoms with Crippen molar-refractivity contribution < 1.29 is 27.5 Å². The molecule has 6 nitrogen and oxygen atoms in total. The average molecular weight is 434 g/mol. The highest BCUT2D eigenvalue weighted by Gasteiger charge is 2.74. The summed E-state index contributed by atoms with van der Waals surface area (Å²) in [4.78, 5) is 26.5. The standard InChI is InChI=1S/C16H15BrF3N3O3/c1-14(2,3)26-13(25)9-5-4-8(17)6-10(9)15(16(18,19)20)7-11(15)12(24)22-23-21/h4-6,11H,7H2,1-3H3. The van der Waals surface area contributed by atoms with E-state index in [0.717, 1.165) is 6.07 Å². The molecule has 0 spiro atoms. The maximum Gasteiger partial charge on any atom is 0.399 e. The average Bonchev–Trinajstić information content (AvgIpc) is 3.22. The van der Waals surface area contributed by atoms with E-state index in [1.54, 1.807) is 20.8 Å². The van der Waals surface area contributed by atoms with E-state index in [-0.39, 0.29) is 11.1 Å². The Morgan fingerprint density at radius 1 is 1.35 bits per heavy atom. The van der Waals surface area contributed by atoms with E-state index in [9.17, 15) is 22.8 Å². The van der Waals surface area contributed by atoms with Gasteiger partial charge in [-0.15, -0.1) is 0 Å². The highest BCUT2D eigenvalue weighted by atomic mass is 79.9. The molecule has 2 unspecified atom stereocenters. The summed E-state index contributed by atoms with van der Waals surface area (Å²) in [5, 5.41) is 2.79. The Balaban J connectivity index is 2.61. The summed E-state index contributed by atoms with van der Waals surface area (Å²) in [6, 6.07) is 3.78. The molecule has 10 heteroatoms. The lowest BCUT2D eigenvalue weighted by Gasteiger charge is -2.25. The van der Waals surface area contributed by atoms with Crippen LogP contribution in [0.5, 0.6) is 0 Å². The summed E-state index contributed by atoms with van der Waals surface area (Å²) in [6.45, 7) is 4.77. The van der Waals surface area contributed by atoms with Crippen molar-refractivity contribution in [2.24, 2.45) is 11.0 Å². The first kappa shape index (κ1) is 20.3. The maximum absolute atomic E-state index is 13.9. The van der Waals surface area contributed by atoms with Gasteiger partial charge in [0.25, 0.3) is 0 Å². The van der Waals surface area contributed by atoms with Crippen molar-refractivity contribution in [2.45, 2.75) is 44.4 Å². The number of amides is 1. The van der Waals surface area contributed by atoms with Gasteiger partial charge in [0.2, 0.25) is 5.91 Å². The van der Waals surface area contributed by atoms with Crippen molar-refractivity contribution in [3.05, 3.63) is 44.2 Å². The highest BCUT2D eigenvalue weighted by Crippen LogP contribution is 2.64. The molecule has 0 aromatic heterocycles. The summed E-state index contributed by atoms with van der Waals surface area (Å²) >= 11 is 3.10. The predicted molar refractivity (Wildman–Crippen MR) is 89.3 cm³/mol. The van der Waals surface area contributed by atoms with Gasteiger partial charge in [-0.2, -0.15) is 13.2 Å². The van der Waals surface area contributed by atoms with Crippen LogP contribution in [0.4, 0.5) is 13.2 Å². The van der Waals surface area contributed by atoms with Crippen molar-refractivity contribution in [3.63, 3.8) is 0 Å². The number of alkyl halides is 3. The summed E-state index contributed by atoms with van der Waals surface area (Å²) in [6.07, 6.45) is -5.42. The van der Waals surface area contributed by atoms with E-state index in [4.69, 9.17) is 10.3 Å². The van der Waals surface area contributed by atoms with Crippen LogP contribution in [-0.4, -0.2) is 23.7 Å². The van der Waals surface area contributed by atoms with Gasteiger partial charge in [0, 0.05) is 15.3 Å². The van der Waals surface area contributed by atoms with Gasteiger partial charge in [0.05, 0.1) is 5.56 Å². The van der Waals surface area contributed by atoms with Gasteiger partial charge >= 0.3 is 12.1 Å². The molecule has 1 fully saturated rings. The van der Waals surface area contributed by atoms with Crippen molar-refractivity contribution >= 4 is 27.8 Å². The fraction of sp³-hybridized carbons (Fsp3) is 0.500. The number of hydrogen-bond acceptors (Lipinski definition) is 3. The number of rotatable bonds is 3. The second-order valence-electron chi connectivity index (χ2n) is 6.95. The molecular weight excluding hydrogens is 419 g/mol. The number of ether oxygens (including phenoxy) is 1. The van der Waals surface area contributed by atoms with Gasteiger partial charge in [-0.25, -0.2) is 4.79 Å². The molecule has 2 atom stereocenters. The van der Waals surface area contributed by atoms with Crippen LogP contribution in [0.1, 0.15) is 43.1 Å². The topological polar surface area (TPSA) is 92.1 Å². The zero-order chi connectivity index (χ0) is 19.9. The Kier molecular flexibility index (Phi) is 5.13. The fourth-order valence-electron chi connectivity index (χ4n) is 2.84. The van der Waals surface area contributed by atoms with E-state index in [1.807, 2.05) is 0 Å². The number of benzene rings is 1. The lowest BCUT2D eigenvalue weighted by atomic mass is 9.88. The molecule has 0 radical (unpaired) electrons. The zero-order valence-corrected chi connectivity index (χ0v) is 15.7. The molecule has 2 rings (SSSR count). The first-order chi connectivity index (χ1) is 11.8. The van der Waals surface area contributed by atoms with Crippen LogP contribution in [-0.2, 0) is 14.9 Å². The first-order valence-electron chi connectivity index (χ1n) is 7.52. The number of carbonyl (C=O) groups is 2. The van der Waals surface area contributed by atoms with E-state index < -0.39 is 41.4 Å². The van der Waals surface area contributed by atoms with Gasteiger partial charge in [-0.1, -0.05) is 15.9 Å². The molecule has 0 heterocycles. The smallest absolute Gasteiger partial charge is 0.399 e. The van der Waals surface area contributed by atoms with Crippen LogP contribution in [0.25, 0.3) is 10.4 Å². The van der Waals surface area contributed by atoms with Crippen LogP contribution in [0.2, 0.25) is 0 Å².